The molecule has 0 aliphatic carbocycles. The van der Waals surface area contributed by atoms with Crippen LogP contribution in [0.1, 0.15) is 18.4 Å². The molecule has 4 N–H and O–H groups in total. The molecular formula is C12H22N4. The molecule has 1 aromatic heterocycles. The molecule has 4 heteroatoms. The van der Waals surface area contributed by atoms with Gasteiger partial charge >= 0.3 is 0 Å². The number of rotatable bonds is 8. The van der Waals surface area contributed by atoms with E-state index in [2.05, 4.69) is 16.0 Å². The van der Waals surface area contributed by atoms with E-state index in [0.29, 0.717) is 0 Å². The maximum absolute atomic E-state index is 5.54. The molecule has 0 saturated heterocycles. The summed E-state index contributed by atoms with van der Waals surface area (Å²) in [6, 6.07) is 4.07. The summed E-state index contributed by atoms with van der Waals surface area (Å²) >= 11 is 0. The van der Waals surface area contributed by atoms with Crippen molar-refractivity contribution < 1.29 is 0 Å². The summed E-state index contributed by atoms with van der Waals surface area (Å²) in [5.74, 6) is 0. The van der Waals surface area contributed by atoms with Gasteiger partial charge in [-0.3, -0.25) is 9.88 Å². The Morgan fingerprint density at radius 1 is 1.12 bits per heavy atom. The predicted molar refractivity (Wildman–Crippen MR) is 66.9 cm³/mol. The summed E-state index contributed by atoms with van der Waals surface area (Å²) in [4.78, 5) is 6.51. The molecule has 0 aliphatic heterocycles. The van der Waals surface area contributed by atoms with Gasteiger partial charge in [-0.25, -0.2) is 0 Å². The van der Waals surface area contributed by atoms with Gasteiger partial charge in [-0.15, -0.1) is 0 Å². The zero-order valence-electron chi connectivity index (χ0n) is 9.81. The monoisotopic (exact) mass is 222 g/mol. The number of aromatic nitrogens is 1. The first-order valence-corrected chi connectivity index (χ1v) is 5.88. The number of hydrogen-bond donors (Lipinski definition) is 2. The van der Waals surface area contributed by atoms with E-state index in [1.165, 1.54) is 5.56 Å². The van der Waals surface area contributed by atoms with Gasteiger partial charge in [0.15, 0.2) is 0 Å². The van der Waals surface area contributed by atoms with Gasteiger partial charge in [-0.2, -0.15) is 0 Å². The Morgan fingerprint density at radius 3 is 2.31 bits per heavy atom. The van der Waals surface area contributed by atoms with E-state index >= 15 is 0 Å². The van der Waals surface area contributed by atoms with Crippen LogP contribution in [0.2, 0.25) is 0 Å². The predicted octanol–water partition coefficient (Wildman–Crippen LogP) is 0.581. The highest BCUT2D eigenvalue weighted by atomic mass is 15.1. The van der Waals surface area contributed by atoms with Gasteiger partial charge < -0.3 is 11.5 Å². The van der Waals surface area contributed by atoms with Gasteiger partial charge in [-0.1, -0.05) is 6.07 Å². The molecule has 0 fully saturated rings. The molecule has 0 bridgehead atoms. The standard InChI is InChI=1S/C12H22N4/c13-5-2-8-16(9-3-6-14)11-12-4-1-7-15-10-12/h1,4,7,10H,2-3,5-6,8-9,11,13-14H2. The van der Waals surface area contributed by atoms with Crippen molar-refractivity contribution >= 4 is 0 Å². The Labute approximate surface area is 97.6 Å². The lowest BCUT2D eigenvalue weighted by molar-refractivity contribution is 0.261. The van der Waals surface area contributed by atoms with Crippen LogP contribution in [0.5, 0.6) is 0 Å². The fourth-order valence-electron chi connectivity index (χ4n) is 1.65. The number of nitrogens with two attached hydrogens (primary N) is 2. The average Bonchev–Trinajstić information content (AvgIpc) is 2.34. The van der Waals surface area contributed by atoms with Gasteiger partial charge in [0.2, 0.25) is 0 Å². The van der Waals surface area contributed by atoms with E-state index < -0.39 is 0 Å². The lowest BCUT2D eigenvalue weighted by atomic mass is 10.2. The molecule has 0 spiro atoms. The summed E-state index contributed by atoms with van der Waals surface area (Å²) in [5, 5.41) is 0. The lowest BCUT2D eigenvalue weighted by Crippen LogP contribution is -2.28. The molecule has 0 saturated carbocycles. The van der Waals surface area contributed by atoms with Crippen molar-refractivity contribution in [1.29, 1.82) is 0 Å². The second-order valence-electron chi connectivity index (χ2n) is 3.92. The number of nitrogens with zero attached hydrogens (tertiary/aromatic N) is 2. The summed E-state index contributed by atoms with van der Waals surface area (Å²) in [7, 11) is 0. The SMILES string of the molecule is NCCCN(CCCN)Cc1cccnc1. The molecule has 90 valence electrons. The van der Waals surface area contributed by atoms with Crippen LogP contribution in [0.15, 0.2) is 24.5 Å². The van der Waals surface area contributed by atoms with Crippen LogP contribution in [-0.4, -0.2) is 36.1 Å². The molecule has 0 aromatic carbocycles. The van der Waals surface area contributed by atoms with Crippen LogP contribution in [0.4, 0.5) is 0 Å². The van der Waals surface area contributed by atoms with Crippen molar-refractivity contribution in [1.82, 2.24) is 9.88 Å². The van der Waals surface area contributed by atoms with Gasteiger partial charge in [0.25, 0.3) is 0 Å². The Kier molecular flexibility index (Phi) is 6.72. The third-order valence-corrected chi connectivity index (χ3v) is 2.49. The third-order valence-electron chi connectivity index (χ3n) is 2.49. The summed E-state index contributed by atoms with van der Waals surface area (Å²) in [5.41, 5.74) is 12.3. The van der Waals surface area contributed by atoms with Crippen molar-refractivity contribution in [3.63, 3.8) is 0 Å². The maximum atomic E-state index is 5.54. The Bertz CT molecular complexity index is 255. The van der Waals surface area contributed by atoms with Crippen molar-refractivity contribution in [2.45, 2.75) is 19.4 Å². The van der Waals surface area contributed by atoms with Crippen LogP contribution >= 0.6 is 0 Å². The molecule has 0 radical (unpaired) electrons. The fraction of sp³-hybridized carbons (Fsp3) is 0.583. The summed E-state index contributed by atoms with van der Waals surface area (Å²) < 4.78 is 0. The normalized spacial score (nSPS) is 10.9. The van der Waals surface area contributed by atoms with Gasteiger partial charge in [-0.05, 0) is 50.7 Å². The first kappa shape index (κ1) is 13.1. The second kappa shape index (κ2) is 8.21. The Hall–Kier alpha value is -0.970. The Balaban J connectivity index is 2.42. The van der Waals surface area contributed by atoms with E-state index in [1.807, 2.05) is 12.3 Å². The van der Waals surface area contributed by atoms with Crippen LogP contribution < -0.4 is 11.5 Å². The van der Waals surface area contributed by atoms with Gasteiger partial charge in [0.1, 0.15) is 0 Å². The zero-order chi connectivity index (χ0) is 11.6. The van der Waals surface area contributed by atoms with Crippen LogP contribution in [-0.2, 0) is 6.54 Å². The molecule has 1 heterocycles. The fourth-order valence-corrected chi connectivity index (χ4v) is 1.65. The van der Waals surface area contributed by atoms with Crippen molar-refractivity contribution in [3.05, 3.63) is 30.1 Å². The van der Waals surface area contributed by atoms with Crippen LogP contribution in [0.3, 0.4) is 0 Å². The Morgan fingerprint density at radius 2 is 1.81 bits per heavy atom. The van der Waals surface area contributed by atoms with Crippen molar-refractivity contribution in [2.75, 3.05) is 26.2 Å². The average molecular weight is 222 g/mol. The summed E-state index contributed by atoms with van der Waals surface area (Å²) in [6.45, 7) is 4.49. The summed E-state index contributed by atoms with van der Waals surface area (Å²) in [6.07, 6.45) is 5.78. The van der Waals surface area contributed by atoms with E-state index in [-0.39, 0.29) is 0 Å². The second-order valence-corrected chi connectivity index (χ2v) is 3.92. The lowest BCUT2D eigenvalue weighted by Gasteiger charge is -2.21. The minimum Gasteiger partial charge on any atom is -0.330 e. The highest BCUT2D eigenvalue weighted by molar-refractivity contribution is 5.08. The first-order valence-electron chi connectivity index (χ1n) is 5.88. The van der Waals surface area contributed by atoms with E-state index in [1.54, 1.807) is 6.20 Å². The quantitative estimate of drug-likeness (QED) is 0.675. The van der Waals surface area contributed by atoms with Crippen LogP contribution in [0, 0.1) is 0 Å². The van der Waals surface area contributed by atoms with Crippen molar-refractivity contribution in [2.24, 2.45) is 11.5 Å². The third kappa shape index (κ3) is 5.21. The molecule has 1 aromatic rings. The largest absolute Gasteiger partial charge is 0.330 e. The van der Waals surface area contributed by atoms with Gasteiger partial charge in [0, 0.05) is 18.9 Å². The van der Waals surface area contributed by atoms with Gasteiger partial charge in [0.05, 0.1) is 0 Å². The highest BCUT2D eigenvalue weighted by Crippen LogP contribution is 2.04. The highest BCUT2D eigenvalue weighted by Gasteiger charge is 2.04. The molecule has 0 aliphatic rings. The number of pyridine rings is 1. The minimum absolute atomic E-state index is 0.742. The molecule has 1 rings (SSSR count). The maximum Gasteiger partial charge on any atom is 0.0312 e. The first-order chi connectivity index (χ1) is 7.86. The molecule has 0 atom stereocenters. The minimum atomic E-state index is 0.742. The van der Waals surface area contributed by atoms with E-state index in [0.717, 1.165) is 45.6 Å². The number of hydrogen-bond acceptors (Lipinski definition) is 4. The molecular weight excluding hydrogens is 200 g/mol. The molecule has 0 amide bonds. The molecule has 0 unspecified atom stereocenters. The topological polar surface area (TPSA) is 68.2 Å². The zero-order valence-corrected chi connectivity index (χ0v) is 9.81. The smallest absolute Gasteiger partial charge is 0.0312 e. The molecule has 4 nitrogen and oxygen atoms in total. The van der Waals surface area contributed by atoms with Crippen LogP contribution in [0.25, 0.3) is 0 Å². The van der Waals surface area contributed by atoms with E-state index in [4.69, 9.17) is 11.5 Å². The van der Waals surface area contributed by atoms with Crippen molar-refractivity contribution in [3.8, 4) is 0 Å². The van der Waals surface area contributed by atoms with E-state index in [9.17, 15) is 0 Å². The molecule has 16 heavy (non-hydrogen) atoms.